The van der Waals surface area contributed by atoms with Gasteiger partial charge in [0.1, 0.15) is 12.7 Å². The molecular formula is C17H29N5O2. The summed E-state index contributed by atoms with van der Waals surface area (Å²) in [4.78, 5) is 16.9. The number of carbonyl (C=O) groups excluding carboxylic acids is 1. The predicted molar refractivity (Wildman–Crippen MR) is 90.2 cm³/mol. The summed E-state index contributed by atoms with van der Waals surface area (Å²) in [6.45, 7) is 5.60. The van der Waals surface area contributed by atoms with Crippen molar-refractivity contribution in [1.29, 1.82) is 0 Å². The zero-order valence-corrected chi connectivity index (χ0v) is 14.4. The van der Waals surface area contributed by atoms with Gasteiger partial charge in [-0.2, -0.15) is 0 Å². The lowest BCUT2D eigenvalue weighted by atomic mass is 9.96. The van der Waals surface area contributed by atoms with Crippen molar-refractivity contribution in [2.24, 2.45) is 11.8 Å². The van der Waals surface area contributed by atoms with Gasteiger partial charge in [0.15, 0.2) is 0 Å². The van der Waals surface area contributed by atoms with Crippen LogP contribution in [0.15, 0.2) is 12.7 Å². The Bertz CT molecular complexity index is 499. The molecule has 3 rings (SSSR count). The van der Waals surface area contributed by atoms with E-state index in [1.165, 1.54) is 25.7 Å². The number of amides is 1. The first-order valence-electron chi connectivity index (χ1n) is 9.19. The number of aliphatic hydroxyl groups excluding tert-OH is 1. The fourth-order valence-electron chi connectivity index (χ4n) is 3.93. The Morgan fingerprint density at radius 1 is 1.04 bits per heavy atom. The van der Waals surface area contributed by atoms with Crippen LogP contribution in [0.2, 0.25) is 0 Å². The summed E-state index contributed by atoms with van der Waals surface area (Å²) < 4.78 is 1.83. The van der Waals surface area contributed by atoms with Gasteiger partial charge in [0, 0.05) is 45.1 Å². The number of rotatable bonds is 6. The fourth-order valence-corrected chi connectivity index (χ4v) is 3.93. The van der Waals surface area contributed by atoms with Crippen LogP contribution in [0, 0.1) is 11.8 Å². The number of aromatic nitrogens is 3. The minimum Gasteiger partial charge on any atom is -0.396 e. The topological polar surface area (TPSA) is 74.5 Å². The van der Waals surface area contributed by atoms with Crippen LogP contribution in [0.25, 0.3) is 0 Å². The van der Waals surface area contributed by atoms with Crippen LogP contribution < -0.4 is 0 Å². The molecule has 1 N–H and O–H groups in total. The zero-order chi connectivity index (χ0) is 16.8. The minimum atomic E-state index is 0.167. The molecule has 0 aliphatic carbocycles. The van der Waals surface area contributed by atoms with Crippen LogP contribution in [0.4, 0.5) is 0 Å². The SMILES string of the molecule is O=C(CCn1cnnc1)N1C[C@@H](CO)[C@@H](CN2CCCCCC2)C1. The highest BCUT2D eigenvalue weighted by Crippen LogP contribution is 2.25. The maximum Gasteiger partial charge on any atom is 0.224 e. The van der Waals surface area contributed by atoms with Gasteiger partial charge in [0.05, 0.1) is 0 Å². The Labute approximate surface area is 143 Å². The van der Waals surface area contributed by atoms with Crippen molar-refractivity contribution in [1.82, 2.24) is 24.6 Å². The molecule has 0 radical (unpaired) electrons. The largest absolute Gasteiger partial charge is 0.396 e. The lowest BCUT2D eigenvalue weighted by Gasteiger charge is -2.26. The minimum absolute atomic E-state index is 0.167. The third kappa shape index (κ3) is 4.54. The first kappa shape index (κ1) is 17.4. The molecule has 1 aromatic heterocycles. The van der Waals surface area contributed by atoms with Crippen molar-refractivity contribution in [3.8, 4) is 0 Å². The van der Waals surface area contributed by atoms with Gasteiger partial charge in [-0.25, -0.2) is 0 Å². The molecule has 2 atom stereocenters. The first-order valence-corrected chi connectivity index (χ1v) is 9.19. The Morgan fingerprint density at radius 2 is 1.71 bits per heavy atom. The van der Waals surface area contributed by atoms with E-state index in [-0.39, 0.29) is 18.4 Å². The molecule has 7 heteroatoms. The zero-order valence-electron chi connectivity index (χ0n) is 14.4. The third-order valence-corrected chi connectivity index (χ3v) is 5.41. The first-order chi connectivity index (χ1) is 11.8. The van der Waals surface area contributed by atoms with Gasteiger partial charge < -0.3 is 19.5 Å². The fraction of sp³-hybridized carbons (Fsp3) is 0.824. The lowest BCUT2D eigenvalue weighted by Crippen LogP contribution is -2.35. The Kier molecular flexibility index (Phi) is 6.20. The number of aryl methyl sites for hydroxylation is 1. The molecule has 2 aliphatic heterocycles. The summed E-state index contributed by atoms with van der Waals surface area (Å²) in [6, 6.07) is 0. The Morgan fingerprint density at radius 3 is 2.38 bits per heavy atom. The predicted octanol–water partition coefficient (Wildman–Crippen LogP) is 0.611. The number of nitrogens with zero attached hydrogens (tertiary/aromatic N) is 5. The van der Waals surface area contributed by atoms with E-state index in [1.54, 1.807) is 12.7 Å². The molecule has 3 heterocycles. The van der Waals surface area contributed by atoms with E-state index in [0.29, 0.717) is 25.4 Å². The summed E-state index contributed by atoms with van der Waals surface area (Å²) in [5.74, 6) is 0.777. The van der Waals surface area contributed by atoms with Crippen LogP contribution >= 0.6 is 0 Å². The molecule has 2 saturated heterocycles. The van der Waals surface area contributed by atoms with Crippen LogP contribution in [-0.4, -0.2) is 74.9 Å². The highest BCUT2D eigenvalue weighted by atomic mass is 16.3. The lowest BCUT2D eigenvalue weighted by molar-refractivity contribution is -0.130. The smallest absolute Gasteiger partial charge is 0.224 e. The molecule has 1 aromatic rings. The number of hydrogen-bond acceptors (Lipinski definition) is 5. The maximum absolute atomic E-state index is 12.5. The van der Waals surface area contributed by atoms with Gasteiger partial charge in [-0.15, -0.1) is 10.2 Å². The van der Waals surface area contributed by atoms with Gasteiger partial charge in [-0.3, -0.25) is 4.79 Å². The summed E-state index contributed by atoms with van der Waals surface area (Å²) in [6.07, 6.45) is 8.95. The summed E-state index contributed by atoms with van der Waals surface area (Å²) in [5, 5.41) is 17.2. The van der Waals surface area contributed by atoms with Gasteiger partial charge in [-0.05, 0) is 31.8 Å². The van der Waals surface area contributed by atoms with Crippen LogP contribution in [-0.2, 0) is 11.3 Å². The normalized spacial score (nSPS) is 25.8. The molecule has 0 spiro atoms. The maximum atomic E-state index is 12.5. The highest BCUT2D eigenvalue weighted by molar-refractivity contribution is 5.76. The average molecular weight is 335 g/mol. The Balaban J connectivity index is 1.50. The van der Waals surface area contributed by atoms with Crippen molar-refractivity contribution in [2.45, 2.75) is 38.6 Å². The summed E-state index contributed by atoms with van der Waals surface area (Å²) in [7, 11) is 0. The molecule has 0 unspecified atom stereocenters. The second-order valence-electron chi connectivity index (χ2n) is 7.17. The van der Waals surface area contributed by atoms with Crippen molar-refractivity contribution in [2.75, 3.05) is 39.3 Å². The molecular weight excluding hydrogens is 306 g/mol. The van der Waals surface area contributed by atoms with Gasteiger partial charge in [0.2, 0.25) is 5.91 Å². The number of hydrogen-bond donors (Lipinski definition) is 1. The van der Waals surface area contributed by atoms with E-state index >= 15 is 0 Å². The van der Waals surface area contributed by atoms with Crippen molar-refractivity contribution >= 4 is 5.91 Å². The molecule has 0 aromatic carbocycles. The Hall–Kier alpha value is -1.47. The highest BCUT2D eigenvalue weighted by Gasteiger charge is 2.35. The summed E-state index contributed by atoms with van der Waals surface area (Å²) in [5.41, 5.74) is 0. The molecule has 0 saturated carbocycles. The van der Waals surface area contributed by atoms with Crippen LogP contribution in [0.5, 0.6) is 0 Å². The molecule has 2 aliphatic rings. The quantitative estimate of drug-likeness (QED) is 0.824. The van der Waals surface area contributed by atoms with E-state index in [2.05, 4.69) is 15.1 Å². The van der Waals surface area contributed by atoms with Gasteiger partial charge >= 0.3 is 0 Å². The second kappa shape index (κ2) is 8.58. The van der Waals surface area contributed by atoms with E-state index in [0.717, 1.165) is 26.2 Å². The average Bonchev–Trinajstić information content (AvgIpc) is 3.18. The number of aliphatic hydroxyl groups is 1. The van der Waals surface area contributed by atoms with E-state index in [9.17, 15) is 9.90 Å². The van der Waals surface area contributed by atoms with Crippen molar-refractivity contribution in [3.05, 3.63) is 12.7 Å². The standard InChI is InChI=1S/C17H29N5O2/c23-12-16-11-22(17(24)5-8-21-13-18-19-14-21)10-15(16)9-20-6-3-1-2-4-7-20/h13-16,23H,1-12H2/t15-,16-/m0/s1. The second-order valence-corrected chi connectivity index (χ2v) is 7.17. The van der Waals surface area contributed by atoms with Crippen molar-refractivity contribution in [3.63, 3.8) is 0 Å². The number of carbonyl (C=O) groups is 1. The molecule has 7 nitrogen and oxygen atoms in total. The van der Waals surface area contributed by atoms with Gasteiger partial charge in [0.25, 0.3) is 0 Å². The van der Waals surface area contributed by atoms with Crippen molar-refractivity contribution < 1.29 is 9.90 Å². The monoisotopic (exact) mass is 335 g/mol. The summed E-state index contributed by atoms with van der Waals surface area (Å²) >= 11 is 0. The van der Waals surface area contributed by atoms with E-state index in [4.69, 9.17) is 0 Å². The molecule has 0 bridgehead atoms. The molecule has 24 heavy (non-hydrogen) atoms. The molecule has 1 amide bonds. The van der Waals surface area contributed by atoms with Crippen LogP contribution in [0.3, 0.4) is 0 Å². The van der Waals surface area contributed by atoms with E-state index in [1.807, 2.05) is 9.47 Å². The van der Waals surface area contributed by atoms with Crippen LogP contribution in [0.1, 0.15) is 32.1 Å². The molecule has 2 fully saturated rings. The van der Waals surface area contributed by atoms with E-state index < -0.39 is 0 Å². The third-order valence-electron chi connectivity index (χ3n) is 5.41. The molecule has 134 valence electrons. The van der Waals surface area contributed by atoms with Gasteiger partial charge in [-0.1, -0.05) is 12.8 Å². The number of likely N-dealkylation sites (tertiary alicyclic amines) is 2.